The SMILES string of the molecule is COCCc1[nH]cc[n+]1CCCCCC#N. The van der Waals surface area contributed by atoms with Crippen molar-refractivity contribution in [3.05, 3.63) is 18.2 Å². The molecule has 1 heterocycles. The summed E-state index contributed by atoms with van der Waals surface area (Å²) in [6, 6.07) is 2.17. The Morgan fingerprint density at radius 2 is 2.31 bits per heavy atom. The highest BCUT2D eigenvalue weighted by molar-refractivity contribution is 4.77. The monoisotopic (exact) mass is 222 g/mol. The number of nitrogens with zero attached hydrogens (tertiary/aromatic N) is 2. The third-order valence-electron chi connectivity index (χ3n) is 2.58. The first kappa shape index (κ1) is 12.7. The van der Waals surface area contributed by atoms with Gasteiger partial charge in [0, 0.05) is 13.5 Å². The molecule has 4 nitrogen and oxygen atoms in total. The number of hydrogen-bond donors (Lipinski definition) is 1. The number of rotatable bonds is 8. The van der Waals surface area contributed by atoms with Crippen molar-refractivity contribution in [3.8, 4) is 6.07 Å². The number of methoxy groups -OCH3 is 1. The molecule has 1 N–H and O–H groups in total. The Balaban J connectivity index is 2.25. The normalized spacial score (nSPS) is 10.2. The van der Waals surface area contributed by atoms with Gasteiger partial charge < -0.3 is 4.74 Å². The van der Waals surface area contributed by atoms with Crippen LogP contribution >= 0.6 is 0 Å². The Kier molecular flexibility index (Phi) is 6.28. The molecule has 0 aromatic carbocycles. The van der Waals surface area contributed by atoms with E-state index in [9.17, 15) is 0 Å². The first-order chi connectivity index (χ1) is 7.88. The summed E-state index contributed by atoms with van der Waals surface area (Å²) in [4.78, 5) is 3.22. The van der Waals surface area contributed by atoms with Crippen molar-refractivity contribution in [1.29, 1.82) is 5.26 Å². The lowest BCUT2D eigenvalue weighted by Gasteiger charge is -2.00. The van der Waals surface area contributed by atoms with Gasteiger partial charge in [-0.15, -0.1) is 0 Å². The number of hydrogen-bond acceptors (Lipinski definition) is 2. The summed E-state index contributed by atoms with van der Waals surface area (Å²) in [5, 5.41) is 8.42. The van der Waals surface area contributed by atoms with Gasteiger partial charge in [-0.2, -0.15) is 5.26 Å². The third kappa shape index (κ3) is 4.45. The predicted octanol–water partition coefficient (Wildman–Crippen LogP) is 1.58. The molecule has 88 valence electrons. The van der Waals surface area contributed by atoms with Crippen molar-refractivity contribution in [1.82, 2.24) is 4.98 Å². The highest BCUT2D eigenvalue weighted by Gasteiger charge is 2.08. The number of H-pyrrole nitrogens is 1. The Morgan fingerprint density at radius 1 is 1.44 bits per heavy atom. The highest BCUT2D eigenvalue weighted by Crippen LogP contribution is 1.99. The zero-order valence-electron chi connectivity index (χ0n) is 9.91. The maximum Gasteiger partial charge on any atom is 0.256 e. The van der Waals surface area contributed by atoms with Crippen LogP contribution in [0.1, 0.15) is 31.5 Å². The Labute approximate surface area is 96.9 Å². The van der Waals surface area contributed by atoms with Gasteiger partial charge in [0.05, 0.1) is 25.6 Å². The smallest absolute Gasteiger partial charge is 0.256 e. The van der Waals surface area contributed by atoms with Crippen LogP contribution in [0.3, 0.4) is 0 Å². The van der Waals surface area contributed by atoms with E-state index < -0.39 is 0 Å². The Morgan fingerprint density at radius 3 is 3.06 bits per heavy atom. The van der Waals surface area contributed by atoms with E-state index >= 15 is 0 Å². The second-order valence-corrected chi connectivity index (χ2v) is 3.81. The minimum atomic E-state index is 0.675. The van der Waals surface area contributed by atoms with E-state index in [4.69, 9.17) is 10.00 Å². The molecule has 16 heavy (non-hydrogen) atoms. The van der Waals surface area contributed by atoms with E-state index in [-0.39, 0.29) is 0 Å². The quantitative estimate of drug-likeness (QED) is 0.536. The van der Waals surface area contributed by atoms with Crippen LogP contribution in [-0.2, 0) is 17.7 Å². The lowest BCUT2D eigenvalue weighted by molar-refractivity contribution is -0.703. The van der Waals surface area contributed by atoms with Crippen molar-refractivity contribution >= 4 is 0 Å². The Hall–Kier alpha value is -1.34. The van der Waals surface area contributed by atoms with Crippen molar-refractivity contribution in [2.45, 2.75) is 38.6 Å². The molecule has 0 spiro atoms. The van der Waals surface area contributed by atoms with Gasteiger partial charge in [-0.1, -0.05) is 0 Å². The number of ether oxygens (including phenoxy) is 1. The third-order valence-corrected chi connectivity index (χ3v) is 2.58. The van der Waals surface area contributed by atoms with E-state index in [0.717, 1.165) is 38.8 Å². The fourth-order valence-corrected chi connectivity index (χ4v) is 1.68. The zero-order chi connectivity index (χ0) is 11.6. The number of imidazole rings is 1. The number of unbranched alkanes of at least 4 members (excludes halogenated alkanes) is 3. The van der Waals surface area contributed by atoms with Gasteiger partial charge in [0.25, 0.3) is 5.82 Å². The highest BCUT2D eigenvalue weighted by atomic mass is 16.5. The van der Waals surface area contributed by atoms with Crippen LogP contribution in [0.2, 0.25) is 0 Å². The van der Waals surface area contributed by atoms with Crippen LogP contribution in [0.4, 0.5) is 0 Å². The standard InChI is InChI=1S/C12H19N3O/c1-16-11-6-12-14-8-10-15(12)9-5-3-2-4-7-13/h8,10H,2-6,9,11H2,1H3/p+1. The minimum absolute atomic E-state index is 0.675. The molecule has 0 aliphatic rings. The van der Waals surface area contributed by atoms with Crippen LogP contribution in [0, 0.1) is 11.3 Å². The van der Waals surface area contributed by atoms with Crippen LogP contribution in [0.5, 0.6) is 0 Å². The van der Waals surface area contributed by atoms with Crippen molar-refractivity contribution < 1.29 is 9.30 Å². The average Bonchev–Trinajstić information content (AvgIpc) is 2.74. The second kappa shape index (κ2) is 7.89. The molecule has 0 atom stereocenters. The summed E-state index contributed by atoms with van der Waals surface area (Å²) in [7, 11) is 1.72. The predicted molar refractivity (Wildman–Crippen MR) is 60.6 cm³/mol. The van der Waals surface area contributed by atoms with E-state index in [1.807, 2.05) is 6.20 Å². The largest absolute Gasteiger partial charge is 0.384 e. The summed E-state index contributed by atoms with van der Waals surface area (Å²) in [5.74, 6) is 1.21. The molecule has 0 saturated heterocycles. The van der Waals surface area contributed by atoms with E-state index in [2.05, 4.69) is 21.8 Å². The molecule has 0 amide bonds. The Bertz CT molecular complexity index is 327. The zero-order valence-corrected chi connectivity index (χ0v) is 9.91. The van der Waals surface area contributed by atoms with E-state index in [0.29, 0.717) is 6.42 Å². The summed E-state index contributed by atoms with van der Waals surface area (Å²) >= 11 is 0. The van der Waals surface area contributed by atoms with E-state index in [1.54, 1.807) is 7.11 Å². The molecule has 1 rings (SSSR count). The lowest BCUT2D eigenvalue weighted by Crippen LogP contribution is -2.36. The number of aromatic nitrogens is 2. The molecule has 4 heteroatoms. The number of nitrogens with one attached hydrogen (secondary N) is 1. The summed E-state index contributed by atoms with van der Waals surface area (Å²) in [5.41, 5.74) is 0. The molecule has 1 aromatic heterocycles. The topological polar surface area (TPSA) is 52.7 Å². The second-order valence-electron chi connectivity index (χ2n) is 3.81. The van der Waals surface area contributed by atoms with Gasteiger partial charge in [0.1, 0.15) is 12.4 Å². The van der Waals surface area contributed by atoms with Gasteiger partial charge in [0.2, 0.25) is 0 Å². The van der Waals surface area contributed by atoms with E-state index in [1.165, 1.54) is 5.82 Å². The first-order valence-corrected chi connectivity index (χ1v) is 5.80. The average molecular weight is 222 g/mol. The van der Waals surface area contributed by atoms with Gasteiger partial charge >= 0.3 is 0 Å². The van der Waals surface area contributed by atoms with Gasteiger partial charge in [-0.3, -0.25) is 0 Å². The fourth-order valence-electron chi connectivity index (χ4n) is 1.68. The maximum atomic E-state index is 8.42. The molecular weight excluding hydrogens is 202 g/mol. The van der Waals surface area contributed by atoms with Crippen molar-refractivity contribution in [3.63, 3.8) is 0 Å². The molecule has 0 bridgehead atoms. The molecule has 1 aromatic rings. The number of nitriles is 1. The molecule has 0 fully saturated rings. The summed E-state index contributed by atoms with van der Waals surface area (Å²) < 4.78 is 7.29. The minimum Gasteiger partial charge on any atom is -0.384 e. The van der Waals surface area contributed by atoms with Gasteiger partial charge in [-0.25, -0.2) is 9.55 Å². The van der Waals surface area contributed by atoms with Crippen LogP contribution in [0.15, 0.2) is 12.4 Å². The van der Waals surface area contributed by atoms with Crippen LogP contribution < -0.4 is 4.57 Å². The van der Waals surface area contributed by atoms with Crippen LogP contribution in [0.25, 0.3) is 0 Å². The van der Waals surface area contributed by atoms with Crippen molar-refractivity contribution in [2.24, 2.45) is 0 Å². The molecule has 0 aliphatic carbocycles. The fraction of sp³-hybridized carbons (Fsp3) is 0.667. The molecule has 0 unspecified atom stereocenters. The molecule has 0 radical (unpaired) electrons. The van der Waals surface area contributed by atoms with Gasteiger partial charge in [0.15, 0.2) is 0 Å². The number of aromatic amines is 1. The molecular formula is C12H20N3O+. The molecule has 0 saturated carbocycles. The lowest BCUT2D eigenvalue weighted by atomic mass is 10.2. The van der Waals surface area contributed by atoms with Crippen molar-refractivity contribution in [2.75, 3.05) is 13.7 Å². The summed E-state index contributed by atoms with van der Waals surface area (Å²) in [6.45, 7) is 1.77. The summed E-state index contributed by atoms with van der Waals surface area (Å²) in [6.07, 6.45) is 8.88. The van der Waals surface area contributed by atoms with Crippen LogP contribution in [-0.4, -0.2) is 18.7 Å². The molecule has 0 aliphatic heterocycles. The number of aryl methyl sites for hydroxylation is 1. The van der Waals surface area contributed by atoms with Gasteiger partial charge in [-0.05, 0) is 19.3 Å². The first-order valence-electron chi connectivity index (χ1n) is 5.80. The maximum absolute atomic E-state index is 8.42.